The molecule has 0 radical (unpaired) electrons. The van der Waals surface area contributed by atoms with Crippen LogP contribution in [0.3, 0.4) is 0 Å². The summed E-state index contributed by atoms with van der Waals surface area (Å²) in [6.07, 6.45) is 15.5. The first-order chi connectivity index (χ1) is 9.83. The smallest absolute Gasteiger partial charge is 0.0576 e. The van der Waals surface area contributed by atoms with Crippen molar-refractivity contribution in [2.45, 2.75) is 70.6 Å². The zero-order valence-corrected chi connectivity index (χ0v) is 12.6. The van der Waals surface area contributed by atoms with Crippen LogP contribution in [-0.4, -0.2) is 10.9 Å². The molecule has 4 aliphatic rings. The summed E-state index contributed by atoms with van der Waals surface area (Å²) in [5, 5.41) is 12.7. The maximum absolute atomic E-state index is 9.16. The van der Waals surface area contributed by atoms with Crippen molar-refractivity contribution in [2.75, 3.05) is 0 Å². The molecule has 0 aromatic carbocycles. The number of rotatable bonds is 1. The summed E-state index contributed by atoms with van der Waals surface area (Å²) in [6, 6.07) is 0. The maximum Gasteiger partial charge on any atom is 0.0576 e. The summed E-state index contributed by atoms with van der Waals surface area (Å²) < 4.78 is 0. The lowest BCUT2D eigenvalue weighted by Gasteiger charge is -2.51. The van der Waals surface area contributed by atoms with Crippen LogP contribution < -0.4 is 0 Å². The first-order valence-corrected chi connectivity index (χ1v) is 9.03. The van der Waals surface area contributed by atoms with Gasteiger partial charge < -0.3 is 5.21 Å². The van der Waals surface area contributed by atoms with Gasteiger partial charge in [0.15, 0.2) is 0 Å². The van der Waals surface area contributed by atoms with Gasteiger partial charge in [-0.3, -0.25) is 0 Å². The van der Waals surface area contributed by atoms with E-state index < -0.39 is 0 Å². The molecule has 4 saturated carbocycles. The minimum Gasteiger partial charge on any atom is -0.411 e. The second kappa shape index (κ2) is 5.35. The summed E-state index contributed by atoms with van der Waals surface area (Å²) in [5.74, 6) is 5.78. The number of fused-ring (bicyclic) bond motifs is 4. The molecule has 0 saturated heterocycles. The molecule has 0 heterocycles. The third kappa shape index (κ3) is 2.29. The van der Waals surface area contributed by atoms with Crippen LogP contribution in [0, 0.1) is 35.5 Å². The largest absolute Gasteiger partial charge is 0.411 e. The summed E-state index contributed by atoms with van der Waals surface area (Å²) in [7, 11) is 0. The van der Waals surface area contributed by atoms with Gasteiger partial charge in [0, 0.05) is 0 Å². The lowest BCUT2D eigenvalue weighted by molar-refractivity contribution is 0.0175. The molecule has 4 atom stereocenters. The molecule has 20 heavy (non-hydrogen) atoms. The molecule has 2 heteroatoms. The van der Waals surface area contributed by atoms with E-state index in [0.717, 1.165) is 54.1 Å². The van der Waals surface area contributed by atoms with Gasteiger partial charge in [-0.1, -0.05) is 30.8 Å². The molecule has 2 nitrogen and oxygen atoms in total. The molecular formula is C18H29NO. The Morgan fingerprint density at radius 1 is 0.750 bits per heavy atom. The van der Waals surface area contributed by atoms with Crippen LogP contribution in [0.1, 0.15) is 70.6 Å². The van der Waals surface area contributed by atoms with E-state index in [0.29, 0.717) is 0 Å². The normalized spacial score (nSPS) is 47.9. The Balaban J connectivity index is 1.52. The van der Waals surface area contributed by atoms with Crippen LogP contribution in [0.4, 0.5) is 0 Å². The van der Waals surface area contributed by atoms with Crippen molar-refractivity contribution in [3.63, 3.8) is 0 Å². The van der Waals surface area contributed by atoms with Crippen molar-refractivity contribution < 1.29 is 5.21 Å². The second-order valence-corrected chi connectivity index (χ2v) is 8.23. The monoisotopic (exact) mass is 275 g/mol. The van der Waals surface area contributed by atoms with E-state index in [2.05, 4.69) is 5.16 Å². The van der Waals surface area contributed by atoms with Crippen molar-refractivity contribution in [3.05, 3.63) is 0 Å². The van der Waals surface area contributed by atoms with Crippen LogP contribution in [0.5, 0.6) is 0 Å². The third-order valence-electron chi connectivity index (χ3n) is 7.08. The average Bonchev–Trinajstić information content (AvgIpc) is 2.45. The van der Waals surface area contributed by atoms with Gasteiger partial charge in [0.05, 0.1) is 5.71 Å². The van der Waals surface area contributed by atoms with Crippen molar-refractivity contribution in [2.24, 2.45) is 40.7 Å². The fourth-order valence-electron chi connectivity index (χ4n) is 6.53. The number of oxime groups is 1. The standard InChI is InChI=1S/C18H29NO/c20-19-17-10-14-5-2-6-15(11-17)18(14)16-8-12-3-1-4-13(7-12)9-16/h12-16,18,20H,1-11H2. The summed E-state index contributed by atoms with van der Waals surface area (Å²) in [6.45, 7) is 0. The third-order valence-corrected chi connectivity index (χ3v) is 7.08. The highest BCUT2D eigenvalue weighted by atomic mass is 16.4. The van der Waals surface area contributed by atoms with Crippen LogP contribution >= 0.6 is 0 Å². The Labute approximate surface area is 123 Å². The predicted octanol–water partition coefficient (Wildman–Crippen LogP) is 4.86. The second-order valence-electron chi connectivity index (χ2n) is 8.23. The van der Waals surface area contributed by atoms with Gasteiger partial charge in [0.2, 0.25) is 0 Å². The maximum atomic E-state index is 9.16. The lowest BCUT2D eigenvalue weighted by atomic mass is 9.54. The van der Waals surface area contributed by atoms with Crippen LogP contribution in [0.2, 0.25) is 0 Å². The predicted molar refractivity (Wildman–Crippen MR) is 80.9 cm³/mol. The molecule has 0 aliphatic heterocycles. The molecule has 4 unspecified atom stereocenters. The summed E-state index contributed by atoms with van der Waals surface area (Å²) in [5.41, 5.74) is 1.10. The highest BCUT2D eigenvalue weighted by Crippen LogP contribution is 2.53. The number of nitrogens with zero attached hydrogens (tertiary/aromatic N) is 1. The fraction of sp³-hybridized carbons (Fsp3) is 0.944. The highest BCUT2D eigenvalue weighted by molar-refractivity contribution is 5.85. The van der Waals surface area contributed by atoms with Crippen molar-refractivity contribution >= 4 is 5.71 Å². The van der Waals surface area contributed by atoms with Gasteiger partial charge in [0.1, 0.15) is 0 Å². The first kappa shape index (κ1) is 13.2. The average molecular weight is 275 g/mol. The van der Waals surface area contributed by atoms with E-state index in [9.17, 15) is 0 Å². The Bertz CT molecular complexity index is 363. The molecule has 0 spiro atoms. The minimum atomic E-state index is 0.845. The minimum absolute atomic E-state index is 0.845. The van der Waals surface area contributed by atoms with Gasteiger partial charge in [-0.15, -0.1) is 0 Å². The molecule has 0 aromatic rings. The summed E-state index contributed by atoms with van der Waals surface area (Å²) >= 11 is 0. The van der Waals surface area contributed by atoms with E-state index in [1.54, 1.807) is 6.42 Å². The van der Waals surface area contributed by atoms with Crippen LogP contribution in [0.25, 0.3) is 0 Å². The van der Waals surface area contributed by atoms with E-state index in [1.165, 1.54) is 51.4 Å². The Morgan fingerprint density at radius 2 is 1.35 bits per heavy atom. The molecule has 0 aromatic heterocycles. The van der Waals surface area contributed by atoms with Gasteiger partial charge in [0.25, 0.3) is 0 Å². The molecular weight excluding hydrogens is 246 g/mol. The zero-order valence-electron chi connectivity index (χ0n) is 12.6. The first-order valence-electron chi connectivity index (χ1n) is 9.03. The molecule has 112 valence electrons. The van der Waals surface area contributed by atoms with Crippen molar-refractivity contribution in [1.82, 2.24) is 0 Å². The lowest BCUT2D eigenvalue weighted by Crippen LogP contribution is -2.43. The summed E-state index contributed by atoms with van der Waals surface area (Å²) in [4.78, 5) is 0. The Morgan fingerprint density at radius 3 is 1.95 bits per heavy atom. The highest BCUT2D eigenvalue weighted by Gasteiger charge is 2.45. The van der Waals surface area contributed by atoms with Crippen LogP contribution in [0.15, 0.2) is 5.16 Å². The van der Waals surface area contributed by atoms with Crippen molar-refractivity contribution in [3.8, 4) is 0 Å². The molecule has 4 bridgehead atoms. The van der Waals surface area contributed by atoms with E-state index in [4.69, 9.17) is 5.21 Å². The van der Waals surface area contributed by atoms with Gasteiger partial charge in [-0.05, 0) is 80.5 Å². The molecule has 4 rings (SSSR count). The van der Waals surface area contributed by atoms with Crippen LogP contribution in [-0.2, 0) is 0 Å². The molecule has 4 fully saturated rings. The number of hydrogen-bond donors (Lipinski definition) is 1. The Kier molecular flexibility index (Phi) is 3.52. The van der Waals surface area contributed by atoms with Gasteiger partial charge in [-0.25, -0.2) is 0 Å². The Hall–Kier alpha value is -0.530. The number of hydrogen-bond acceptors (Lipinski definition) is 2. The molecule has 4 aliphatic carbocycles. The van der Waals surface area contributed by atoms with E-state index in [-0.39, 0.29) is 0 Å². The van der Waals surface area contributed by atoms with Crippen molar-refractivity contribution in [1.29, 1.82) is 0 Å². The van der Waals surface area contributed by atoms with Gasteiger partial charge >= 0.3 is 0 Å². The zero-order chi connectivity index (χ0) is 13.5. The molecule has 1 N–H and O–H groups in total. The van der Waals surface area contributed by atoms with Gasteiger partial charge in [-0.2, -0.15) is 0 Å². The SMILES string of the molecule is ON=C1CC2CCCC(C1)C2C1CC2CCCC(C2)C1. The fourth-order valence-corrected chi connectivity index (χ4v) is 6.53. The quantitative estimate of drug-likeness (QED) is 0.538. The van der Waals surface area contributed by atoms with E-state index in [1.807, 2.05) is 0 Å². The molecule has 0 amide bonds. The van der Waals surface area contributed by atoms with E-state index >= 15 is 0 Å². The topological polar surface area (TPSA) is 32.6 Å².